The highest BCUT2D eigenvalue weighted by molar-refractivity contribution is 7.86. The normalized spacial score (nSPS) is 22.9. The first-order valence-corrected chi connectivity index (χ1v) is 21.6. The summed E-state index contributed by atoms with van der Waals surface area (Å²) in [4.78, 5) is 0.970. The van der Waals surface area contributed by atoms with Crippen molar-refractivity contribution < 1.29 is 40.3 Å². The minimum Gasteiger partial charge on any atom is -0.748 e. The van der Waals surface area contributed by atoms with E-state index in [1.54, 1.807) is 0 Å². The molecule has 3 aliphatic rings. The van der Waals surface area contributed by atoms with Crippen LogP contribution in [0.1, 0.15) is 58.9 Å². The lowest BCUT2D eigenvalue weighted by atomic mass is 9.82. The summed E-state index contributed by atoms with van der Waals surface area (Å²) in [5, 5.41) is -1.10. The number of quaternary nitrogens is 2. The van der Waals surface area contributed by atoms with E-state index in [-0.39, 0.29) is 22.9 Å². The molecule has 0 bridgehead atoms. The minimum absolute atomic E-state index is 0.0669. The van der Waals surface area contributed by atoms with E-state index >= 15 is 0 Å². The molecule has 3 aliphatic heterocycles. The van der Waals surface area contributed by atoms with Gasteiger partial charge in [-0.1, -0.05) is 94.4 Å². The molecule has 4 unspecified atom stereocenters. The van der Waals surface area contributed by atoms with Gasteiger partial charge in [0, 0.05) is 30.0 Å². The molecule has 2 N–H and O–H groups in total. The summed E-state index contributed by atoms with van der Waals surface area (Å²) >= 11 is 0. The van der Waals surface area contributed by atoms with Gasteiger partial charge in [0.25, 0.3) is 11.6 Å². The molecule has 7 rings (SSSR count). The van der Waals surface area contributed by atoms with Crippen LogP contribution < -0.4 is 18.9 Å². The highest BCUT2D eigenvalue weighted by Gasteiger charge is 2.72. The molecule has 0 radical (unpaired) electrons. The number of allylic oxidation sites excluding steroid dienone is 2. The molecule has 1 fully saturated rings. The Morgan fingerprint density at radius 3 is 2.17 bits per heavy atom. The van der Waals surface area contributed by atoms with Crippen LogP contribution in [-0.2, 0) is 25.7 Å². The van der Waals surface area contributed by atoms with E-state index in [0.717, 1.165) is 44.8 Å². The largest absolute Gasteiger partial charge is 0.748 e. The third-order valence-corrected chi connectivity index (χ3v) is 13.2. The van der Waals surface area contributed by atoms with Gasteiger partial charge in [0.2, 0.25) is 0 Å². The van der Waals surface area contributed by atoms with Crippen LogP contribution in [0.3, 0.4) is 0 Å². The fraction of sp³-hybridized carbons (Fsp3) is 0.333. The number of nitrogens with one attached hydrogen (secondary N) is 1. The first-order chi connectivity index (χ1) is 25.6. The minimum atomic E-state index is -4.41. The molecule has 4 atom stereocenters. The van der Waals surface area contributed by atoms with Gasteiger partial charge in [-0.05, 0) is 76.6 Å². The third-order valence-electron chi connectivity index (χ3n) is 11.2. The number of unbranched alkanes of at least 4 members (excludes halogenated alkanes) is 1. The van der Waals surface area contributed by atoms with Crippen molar-refractivity contribution in [3.05, 3.63) is 120 Å². The molecule has 1 saturated heterocycles. The maximum absolute atomic E-state index is 12.6. The van der Waals surface area contributed by atoms with Crippen LogP contribution in [0.25, 0.3) is 22.3 Å². The van der Waals surface area contributed by atoms with E-state index in [1.165, 1.54) is 5.56 Å². The zero-order valence-electron chi connectivity index (χ0n) is 31.0. The van der Waals surface area contributed by atoms with Gasteiger partial charge in [-0.3, -0.25) is 9.45 Å². The smallest absolute Gasteiger partial charge is 0.326 e. The van der Waals surface area contributed by atoms with E-state index in [2.05, 4.69) is 51.1 Å². The Morgan fingerprint density at radius 2 is 1.54 bits per heavy atom. The summed E-state index contributed by atoms with van der Waals surface area (Å²) in [5.41, 5.74) is 7.75. The van der Waals surface area contributed by atoms with Gasteiger partial charge in [0.1, 0.15) is 0 Å². The SMILES string of the molecule is CCC(=CC1Oc2ccc(-c3ccc(C(C)(C)CC)cc3)cc2[NH+]1CCCCS(=O)(=O)[O-])C=C1Oc2ccc(-c3ccccc3)cc2[N+]12CC2S(=O)(=O)O. The van der Waals surface area contributed by atoms with Crippen molar-refractivity contribution >= 4 is 31.6 Å². The van der Waals surface area contributed by atoms with Crippen molar-refractivity contribution in [3.8, 4) is 33.8 Å². The highest BCUT2D eigenvalue weighted by Crippen LogP contribution is 2.56. The summed E-state index contributed by atoms with van der Waals surface area (Å²) in [7, 11) is -8.75. The van der Waals surface area contributed by atoms with Crippen LogP contribution >= 0.6 is 0 Å². The van der Waals surface area contributed by atoms with Gasteiger partial charge in [0.15, 0.2) is 29.4 Å². The Balaban J connectivity index is 1.22. The Hall–Kier alpha value is -4.30. The van der Waals surface area contributed by atoms with Crippen molar-refractivity contribution in [2.24, 2.45) is 0 Å². The molecule has 0 saturated carbocycles. The molecule has 4 aromatic rings. The summed E-state index contributed by atoms with van der Waals surface area (Å²) in [6.07, 6.45) is 5.66. The monoisotopic (exact) mass is 771 g/mol. The lowest BCUT2D eigenvalue weighted by Crippen LogP contribution is -3.10. The molecule has 3 heterocycles. The first kappa shape index (κ1) is 38.0. The topological polar surface area (TPSA) is 134 Å². The van der Waals surface area contributed by atoms with E-state index < -0.39 is 37.6 Å². The number of nitrogens with zero attached hydrogens (tertiary/aromatic N) is 1. The van der Waals surface area contributed by atoms with E-state index in [4.69, 9.17) is 9.47 Å². The number of ether oxygens (including phenoxy) is 2. The predicted molar refractivity (Wildman–Crippen MR) is 210 cm³/mol. The third kappa shape index (κ3) is 7.51. The average molecular weight is 772 g/mol. The number of benzene rings is 4. The van der Waals surface area contributed by atoms with Crippen LogP contribution in [0.15, 0.2) is 115 Å². The summed E-state index contributed by atoms with van der Waals surface area (Å²) < 4.78 is 82.5. The van der Waals surface area contributed by atoms with Crippen LogP contribution in [0.5, 0.6) is 11.5 Å². The second kappa shape index (κ2) is 14.4. The zero-order chi connectivity index (χ0) is 38.5. The van der Waals surface area contributed by atoms with Crippen molar-refractivity contribution in [2.75, 3.05) is 18.8 Å². The number of rotatable bonds is 13. The standard InChI is InChI=1S/C42H46N2O8S2/c1-5-29(25-40-44(28-41(44)54(48,49)50)36-27-33(17-21-38(36)52-40)30-12-8-7-9-13-30)24-39-43(22-10-11-23-53(45,46)47)35-26-32(16-20-37(35)51-39)31-14-18-34(19-15-31)42(3,4)6-2/h7-9,12-21,24-27,39,41H,5-6,10-11,22-23,28H2,1-4H3,(H-,45,46,47,48,49,50)/p+1. The molecular formula is C42H47N2O8S2+. The first-order valence-electron chi connectivity index (χ1n) is 18.5. The predicted octanol–water partition coefficient (Wildman–Crippen LogP) is 7.07. The van der Waals surface area contributed by atoms with Gasteiger partial charge < -0.3 is 14.0 Å². The Kier molecular flexibility index (Phi) is 10.1. The second-order valence-corrected chi connectivity index (χ2v) is 18.2. The van der Waals surface area contributed by atoms with Crippen molar-refractivity contribution in [1.29, 1.82) is 0 Å². The number of hydrogen-bond acceptors (Lipinski definition) is 7. The lowest BCUT2D eigenvalue weighted by molar-refractivity contribution is -0.862. The molecule has 54 heavy (non-hydrogen) atoms. The lowest BCUT2D eigenvalue weighted by Gasteiger charge is -2.23. The van der Waals surface area contributed by atoms with Gasteiger partial charge in [-0.25, -0.2) is 8.42 Å². The van der Waals surface area contributed by atoms with Crippen LogP contribution in [0, 0.1) is 0 Å². The zero-order valence-corrected chi connectivity index (χ0v) is 32.6. The van der Waals surface area contributed by atoms with E-state index in [0.29, 0.717) is 42.5 Å². The maximum atomic E-state index is 12.6. The average Bonchev–Trinajstić information content (AvgIpc) is 3.74. The van der Waals surface area contributed by atoms with Crippen LogP contribution in [0.2, 0.25) is 0 Å². The van der Waals surface area contributed by atoms with E-state index in [1.807, 2.05) is 79.7 Å². The molecule has 284 valence electrons. The molecule has 12 heteroatoms. The quantitative estimate of drug-likeness (QED) is 0.0638. The van der Waals surface area contributed by atoms with Gasteiger partial charge in [-0.2, -0.15) is 12.9 Å². The second-order valence-electron chi connectivity index (χ2n) is 15.1. The fourth-order valence-corrected chi connectivity index (χ4v) is 9.21. The Morgan fingerprint density at radius 1 is 0.889 bits per heavy atom. The molecule has 0 aromatic heterocycles. The van der Waals surface area contributed by atoms with Gasteiger partial charge in [0.05, 0.1) is 16.7 Å². The molecule has 10 nitrogen and oxygen atoms in total. The fourth-order valence-electron chi connectivity index (χ4n) is 7.56. The van der Waals surface area contributed by atoms with Crippen molar-refractivity contribution in [2.45, 2.75) is 70.4 Å². The Bertz CT molecular complexity index is 2340. The molecule has 4 aromatic carbocycles. The maximum Gasteiger partial charge on any atom is 0.326 e. The Labute approximate surface area is 318 Å². The highest BCUT2D eigenvalue weighted by atomic mass is 32.2. The summed E-state index contributed by atoms with van der Waals surface area (Å²) in [6.45, 7) is 9.30. The van der Waals surface area contributed by atoms with Crippen LogP contribution in [0.4, 0.5) is 11.4 Å². The van der Waals surface area contributed by atoms with Gasteiger partial charge >= 0.3 is 16.0 Å². The molecule has 0 amide bonds. The van der Waals surface area contributed by atoms with Crippen LogP contribution in [-0.4, -0.2) is 56.4 Å². The van der Waals surface area contributed by atoms with E-state index in [9.17, 15) is 25.9 Å². The van der Waals surface area contributed by atoms with Gasteiger partial charge in [-0.15, -0.1) is 0 Å². The number of hydrogen-bond donors (Lipinski definition) is 2. The summed E-state index contributed by atoms with van der Waals surface area (Å²) in [6, 6.07) is 30.2. The van der Waals surface area contributed by atoms with Crippen molar-refractivity contribution in [1.82, 2.24) is 4.48 Å². The molecule has 0 aliphatic carbocycles. The van der Waals surface area contributed by atoms with Crippen molar-refractivity contribution in [3.63, 3.8) is 0 Å². The summed E-state index contributed by atoms with van der Waals surface area (Å²) in [5.74, 6) is 1.21. The molecular weight excluding hydrogens is 725 g/mol. The number of fused-ring (bicyclic) bond motifs is 3. The molecule has 1 spiro atoms.